The third-order valence-corrected chi connectivity index (χ3v) is 1.39. The van der Waals surface area contributed by atoms with E-state index in [1.807, 2.05) is 0 Å². The Morgan fingerprint density at radius 2 is 2.20 bits per heavy atom. The number of aliphatic imine (C=N–C) groups is 1. The minimum atomic E-state index is -0.344. The summed E-state index contributed by atoms with van der Waals surface area (Å²) in [6.07, 6.45) is 5.03. The molecule has 0 unspecified atom stereocenters. The van der Waals surface area contributed by atoms with Crippen LogP contribution in [-0.4, -0.2) is 38.4 Å². The number of carbonyl (C=O) groups excluding carboxylic acids is 2. The van der Waals surface area contributed by atoms with Crippen molar-refractivity contribution in [1.82, 2.24) is 0 Å². The second-order valence-corrected chi connectivity index (χ2v) is 2.61. The van der Waals surface area contributed by atoms with Gasteiger partial charge in [-0.05, 0) is 6.92 Å². The number of esters is 1. The normalized spacial score (nSPS) is 9.93. The highest BCUT2D eigenvalue weighted by Gasteiger charge is 1.95. The zero-order chi connectivity index (χ0) is 11.4. The van der Waals surface area contributed by atoms with Gasteiger partial charge < -0.3 is 9.47 Å². The van der Waals surface area contributed by atoms with E-state index in [4.69, 9.17) is 9.47 Å². The zero-order valence-electron chi connectivity index (χ0n) is 8.77. The first-order chi connectivity index (χ1) is 7.31. The highest BCUT2D eigenvalue weighted by atomic mass is 16.5. The maximum absolute atomic E-state index is 10.8. The minimum absolute atomic E-state index is 0.321. The van der Waals surface area contributed by atoms with Gasteiger partial charge in [0.1, 0.15) is 0 Å². The van der Waals surface area contributed by atoms with Gasteiger partial charge in [0.15, 0.2) is 0 Å². The van der Waals surface area contributed by atoms with E-state index in [0.717, 1.165) is 0 Å². The van der Waals surface area contributed by atoms with Gasteiger partial charge in [0.2, 0.25) is 6.08 Å². The highest BCUT2D eigenvalue weighted by molar-refractivity contribution is 5.81. The summed E-state index contributed by atoms with van der Waals surface area (Å²) in [6, 6.07) is 0. The van der Waals surface area contributed by atoms with Gasteiger partial charge in [-0.15, -0.1) is 0 Å². The Labute approximate surface area is 88.8 Å². The monoisotopic (exact) mass is 213 g/mol. The number of hydrogen-bond acceptors (Lipinski definition) is 5. The van der Waals surface area contributed by atoms with Crippen molar-refractivity contribution < 1.29 is 19.1 Å². The fourth-order valence-corrected chi connectivity index (χ4v) is 0.776. The molecule has 84 valence electrons. The summed E-state index contributed by atoms with van der Waals surface area (Å²) in [5.74, 6) is -0.344. The number of hydrogen-bond donors (Lipinski definition) is 0. The highest BCUT2D eigenvalue weighted by Crippen LogP contribution is 1.87. The first-order valence-corrected chi connectivity index (χ1v) is 4.72. The molecule has 0 N–H and O–H groups in total. The van der Waals surface area contributed by atoms with Gasteiger partial charge in [0, 0.05) is 19.1 Å². The van der Waals surface area contributed by atoms with Crippen LogP contribution in [0.15, 0.2) is 17.1 Å². The summed E-state index contributed by atoms with van der Waals surface area (Å²) in [5.41, 5.74) is 0. The van der Waals surface area contributed by atoms with Gasteiger partial charge in [-0.25, -0.2) is 14.6 Å². The molecule has 15 heavy (non-hydrogen) atoms. The van der Waals surface area contributed by atoms with Gasteiger partial charge >= 0.3 is 5.97 Å². The Hall–Kier alpha value is -1.45. The van der Waals surface area contributed by atoms with Crippen LogP contribution in [0.5, 0.6) is 0 Å². The Bertz CT molecular complexity index is 244. The van der Waals surface area contributed by atoms with E-state index in [0.29, 0.717) is 32.8 Å². The largest absolute Gasteiger partial charge is 0.462 e. The second kappa shape index (κ2) is 10.6. The molecule has 0 radical (unpaired) electrons. The lowest BCUT2D eigenvalue weighted by molar-refractivity contribution is -0.138. The molecule has 0 amide bonds. The van der Waals surface area contributed by atoms with E-state index in [9.17, 15) is 9.59 Å². The van der Waals surface area contributed by atoms with Gasteiger partial charge in [0.05, 0.1) is 19.8 Å². The molecule has 0 rings (SSSR count). The topological polar surface area (TPSA) is 65.0 Å². The molecule has 5 heteroatoms. The third-order valence-electron chi connectivity index (χ3n) is 1.39. The van der Waals surface area contributed by atoms with Crippen molar-refractivity contribution in [1.29, 1.82) is 0 Å². The predicted octanol–water partition coefficient (Wildman–Crippen LogP) is 0.848. The van der Waals surface area contributed by atoms with Crippen LogP contribution in [-0.2, 0) is 19.1 Å². The Balaban J connectivity index is 3.17. The van der Waals surface area contributed by atoms with E-state index >= 15 is 0 Å². The molecule has 0 atom stereocenters. The van der Waals surface area contributed by atoms with Crippen LogP contribution in [0.3, 0.4) is 0 Å². The molecule has 0 fully saturated rings. The minimum Gasteiger partial charge on any atom is -0.462 e. The lowest BCUT2D eigenvalue weighted by Crippen LogP contribution is -2.06. The predicted molar refractivity (Wildman–Crippen MR) is 54.2 cm³/mol. The van der Waals surface area contributed by atoms with E-state index in [1.54, 1.807) is 13.0 Å². The number of carbonyl (C=O) groups is 1. The smallest absolute Gasteiger partial charge is 0.330 e. The third kappa shape index (κ3) is 10.5. The molecule has 0 aliphatic rings. The summed E-state index contributed by atoms with van der Waals surface area (Å²) >= 11 is 0. The van der Waals surface area contributed by atoms with Crippen LogP contribution >= 0.6 is 0 Å². The summed E-state index contributed by atoms with van der Waals surface area (Å²) in [6.45, 7) is 3.27. The van der Waals surface area contributed by atoms with Crippen LogP contribution in [0.2, 0.25) is 0 Å². The lowest BCUT2D eigenvalue weighted by Gasteiger charge is -2.02. The Morgan fingerprint density at radius 3 is 2.87 bits per heavy atom. The van der Waals surface area contributed by atoms with Crippen molar-refractivity contribution in [3.05, 3.63) is 12.2 Å². The summed E-state index contributed by atoms with van der Waals surface area (Å²) in [4.78, 5) is 23.8. The average molecular weight is 213 g/mol. The zero-order valence-corrected chi connectivity index (χ0v) is 8.77. The van der Waals surface area contributed by atoms with Gasteiger partial charge in [-0.3, -0.25) is 0 Å². The van der Waals surface area contributed by atoms with Crippen LogP contribution in [0.1, 0.15) is 13.3 Å². The second-order valence-electron chi connectivity index (χ2n) is 2.61. The molecule has 0 aliphatic heterocycles. The van der Waals surface area contributed by atoms with Crippen LogP contribution < -0.4 is 0 Å². The number of allylic oxidation sites excluding steroid dienone is 1. The maximum Gasteiger partial charge on any atom is 0.330 e. The van der Waals surface area contributed by atoms with Crippen molar-refractivity contribution in [2.24, 2.45) is 4.99 Å². The number of isocyanates is 1. The fourth-order valence-electron chi connectivity index (χ4n) is 0.776. The molecule has 0 spiro atoms. The van der Waals surface area contributed by atoms with Crippen molar-refractivity contribution in [2.45, 2.75) is 13.3 Å². The number of nitrogens with zero attached hydrogens (tertiary/aromatic N) is 1. The lowest BCUT2D eigenvalue weighted by atomic mass is 10.5. The van der Waals surface area contributed by atoms with Crippen LogP contribution in [0.25, 0.3) is 0 Å². The van der Waals surface area contributed by atoms with Crippen molar-refractivity contribution in [2.75, 3.05) is 26.4 Å². The van der Waals surface area contributed by atoms with Crippen LogP contribution in [0.4, 0.5) is 0 Å². The Kier molecular flexibility index (Phi) is 9.60. The molecule has 0 bridgehead atoms. The summed E-state index contributed by atoms with van der Waals surface area (Å²) < 4.78 is 9.91. The van der Waals surface area contributed by atoms with Gasteiger partial charge in [-0.2, -0.15) is 0 Å². The quantitative estimate of drug-likeness (QED) is 0.197. The molecule has 0 aromatic carbocycles. The molecular weight excluding hydrogens is 198 g/mol. The molecule has 0 aromatic rings. The van der Waals surface area contributed by atoms with E-state index in [2.05, 4.69) is 4.99 Å². The molecule has 0 heterocycles. The fraction of sp³-hybridized carbons (Fsp3) is 0.600. The van der Waals surface area contributed by atoms with Crippen molar-refractivity contribution in [3.8, 4) is 0 Å². The van der Waals surface area contributed by atoms with E-state index in [-0.39, 0.29) is 5.97 Å². The molecule has 0 aromatic heterocycles. The van der Waals surface area contributed by atoms with E-state index < -0.39 is 0 Å². The molecular formula is C10H15NO4. The maximum atomic E-state index is 10.8. The van der Waals surface area contributed by atoms with Gasteiger partial charge in [0.25, 0.3) is 0 Å². The SMILES string of the molecule is CC=CC(=O)OCCCOCCN=C=O. The molecule has 5 nitrogen and oxygen atoms in total. The summed E-state index contributed by atoms with van der Waals surface area (Å²) in [7, 11) is 0. The molecule has 0 saturated heterocycles. The van der Waals surface area contributed by atoms with Crippen LogP contribution in [0, 0.1) is 0 Å². The first kappa shape index (κ1) is 13.5. The standard InChI is InChI=1S/C10H15NO4/c1-2-4-10(13)15-7-3-6-14-8-5-11-9-12/h2,4H,3,5-8H2,1H3. The summed E-state index contributed by atoms with van der Waals surface area (Å²) in [5, 5.41) is 0. The first-order valence-electron chi connectivity index (χ1n) is 4.72. The number of ether oxygens (including phenoxy) is 2. The Morgan fingerprint density at radius 1 is 1.40 bits per heavy atom. The molecule has 0 aliphatic carbocycles. The average Bonchev–Trinajstić information content (AvgIpc) is 2.22. The molecule has 0 saturated carbocycles. The number of rotatable bonds is 8. The van der Waals surface area contributed by atoms with Crippen molar-refractivity contribution in [3.63, 3.8) is 0 Å². The van der Waals surface area contributed by atoms with Crippen molar-refractivity contribution >= 4 is 12.0 Å². The van der Waals surface area contributed by atoms with Gasteiger partial charge in [-0.1, -0.05) is 6.08 Å². The van der Waals surface area contributed by atoms with E-state index in [1.165, 1.54) is 12.2 Å².